The summed E-state index contributed by atoms with van der Waals surface area (Å²) >= 11 is 0. The SMILES string of the molecule is CCCCc1c(O)c(-c2ccccc2)c2n[nH]nc2c1CCCC. The minimum atomic E-state index is 0.377. The molecule has 3 aromatic rings. The number of aromatic hydroxyl groups is 1. The summed E-state index contributed by atoms with van der Waals surface area (Å²) in [6.07, 6.45) is 6.18. The van der Waals surface area contributed by atoms with Crippen LogP contribution in [0, 0.1) is 0 Å². The lowest BCUT2D eigenvalue weighted by Gasteiger charge is -2.16. The molecule has 0 unspecified atom stereocenters. The van der Waals surface area contributed by atoms with E-state index in [0.717, 1.165) is 71.8 Å². The second kappa shape index (κ2) is 7.47. The normalized spacial score (nSPS) is 11.2. The van der Waals surface area contributed by atoms with Gasteiger partial charge in [-0.3, -0.25) is 0 Å². The van der Waals surface area contributed by atoms with Crippen LogP contribution in [0.5, 0.6) is 5.75 Å². The highest BCUT2D eigenvalue weighted by Crippen LogP contribution is 2.41. The lowest BCUT2D eigenvalue weighted by atomic mass is 9.90. The minimum absolute atomic E-state index is 0.377. The van der Waals surface area contributed by atoms with Crippen molar-refractivity contribution in [3.05, 3.63) is 41.5 Å². The first-order chi connectivity index (χ1) is 11.8. The number of hydrogen-bond donors (Lipinski definition) is 2. The highest BCUT2D eigenvalue weighted by molar-refractivity contribution is 5.98. The molecule has 4 heteroatoms. The van der Waals surface area contributed by atoms with E-state index in [-0.39, 0.29) is 0 Å². The Morgan fingerprint density at radius 1 is 0.875 bits per heavy atom. The zero-order chi connectivity index (χ0) is 16.9. The van der Waals surface area contributed by atoms with Crippen LogP contribution in [-0.2, 0) is 12.8 Å². The molecule has 0 bridgehead atoms. The molecule has 0 amide bonds. The van der Waals surface area contributed by atoms with Crippen LogP contribution in [0.4, 0.5) is 0 Å². The van der Waals surface area contributed by atoms with Crippen molar-refractivity contribution in [2.45, 2.75) is 52.4 Å². The predicted octanol–water partition coefficient (Wildman–Crippen LogP) is 5.02. The largest absolute Gasteiger partial charge is 0.507 e. The van der Waals surface area contributed by atoms with E-state index < -0.39 is 0 Å². The number of aromatic nitrogens is 3. The van der Waals surface area contributed by atoms with Gasteiger partial charge in [0.2, 0.25) is 0 Å². The maximum Gasteiger partial charge on any atom is 0.129 e. The van der Waals surface area contributed by atoms with Crippen LogP contribution in [-0.4, -0.2) is 20.5 Å². The van der Waals surface area contributed by atoms with Crippen molar-refractivity contribution in [3.8, 4) is 16.9 Å². The Balaban J connectivity index is 2.25. The molecule has 0 radical (unpaired) electrons. The third-order valence-corrected chi connectivity index (χ3v) is 4.58. The average molecular weight is 323 g/mol. The highest BCUT2D eigenvalue weighted by Gasteiger charge is 2.22. The van der Waals surface area contributed by atoms with Gasteiger partial charge in [-0.15, -0.1) is 0 Å². The van der Waals surface area contributed by atoms with Gasteiger partial charge in [0.15, 0.2) is 0 Å². The van der Waals surface area contributed by atoms with E-state index >= 15 is 0 Å². The van der Waals surface area contributed by atoms with Gasteiger partial charge in [0, 0.05) is 5.56 Å². The van der Waals surface area contributed by atoms with Gasteiger partial charge in [0.05, 0.1) is 5.56 Å². The van der Waals surface area contributed by atoms with E-state index in [1.165, 1.54) is 0 Å². The van der Waals surface area contributed by atoms with E-state index in [4.69, 9.17) is 0 Å². The summed E-state index contributed by atoms with van der Waals surface area (Å²) in [5.74, 6) is 0.377. The second-order valence-electron chi connectivity index (χ2n) is 6.27. The van der Waals surface area contributed by atoms with Crippen LogP contribution >= 0.6 is 0 Å². The number of aryl methyl sites for hydroxylation is 1. The fourth-order valence-electron chi connectivity index (χ4n) is 3.29. The van der Waals surface area contributed by atoms with Crippen LogP contribution in [0.15, 0.2) is 30.3 Å². The van der Waals surface area contributed by atoms with Crippen LogP contribution in [0.1, 0.15) is 50.7 Å². The summed E-state index contributed by atoms with van der Waals surface area (Å²) in [7, 11) is 0. The van der Waals surface area contributed by atoms with Crippen molar-refractivity contribution in [1.82, 2.24) is 15.4 Å². The number of hydrogen-bond acceptors (Lipinski definition) is 3. The van der Waals surface area contributed by atoms with Crippen molar-refractivity contribution in [2.75, 3.05) is 0 Å². The number of fused-ring (bicyclic) bond motifs is 1. The number of phenolic OH excluding ortho intramolecular Hbond substituents is 1. The number of phenols is 1. The second-order valence-corrected chi connectivity index (χ2v) is 6.27. The molecule has 1 aromatic heterocycles. The minimum Gasteiger partial charge on any atom is -0.507 e. The van der Waals surface area contributed by atoms with E-state index in [1.807, 2.05) is 30.3 Å². The van der Waals surface area contributed by atoms with Crippen LogP contribution in [0.2, 0.25) is 0 Å². The monoisotopic (exact) mass is 323 g/mol. The Kier molecular flexibility index (Phi) is 5.14. The van der Waals surface area contributed by atoms with Crippen LogP contribution < -0.4 is 0 Å². The van der Waals surface area contributed by atoms with Gasteiger partial charge in [-0.1, -0.05) is 57.0 Å². The summed E-state index contributed by atoms with van der Waals surface area (Å²) in [4.78, 5) is 0. The van der Waals surface area contributed by atoms with Gasteiger partial charge in [-0.25, -0.2) is 0 Å². The Morgan fingerprint density at radius 2 is 1.50 bits per heavy atom. The van der Waals surface area contributed by atoms with E-state index in [1.54, 1.807) is 0 Å². The van der Waals surface area contributed by atoms with Crippen molar-refractivity contribution in [2.24, 2.45) is 0 Å². The number of unbranched alkanes of at least 4 members (excludes halogenated alkanes) is 2. The van der Waals surface area contributed by atoms with Crippen molar-refractivity contribution in [3.63, 3.8) is 0 Å². The van der Waals surface area contributed by atoms with Gasteiger partial charge in [0.25, 0.3) is 0 Å². The van der Waals surface area contributed by atoms with Crippen molar-refractivity contribution >= 4 is 11.0 Å². The zero-order valence-electron chi connectivity index (χ0n) is 14.5. The molecule has 0 atom stereocenters. The maximum absolute atomic E-state index is 11.1. The number of H-pyrrole nitrogens is 1. The molecule has 4 nitrogen and oxygen atoms in total. The topological polar surface area (TPSA) is 61.8 Å². The third kappa shape index (κ3) is 3.01. The molecule has 2 N–H and O–H groups in total. The Morgan fingerprint density at radius 3 is 2.17 bits per heavy atom. The van der Waals surface area contributed by atoms with E-state index in [9.17, 15) is 5.11 Å². The number of benzene rings is 2. The quantitative estimate of drug-likeness (QED) is 0.642. The Labute approximate surface area is 142 Å². The number of rotatable bonds is 7. The molecule has 3 rings (SSSR count). The maximum atomic E-state index is 11.1. The summed E-state index contributed by atoms with van der Waals surface area (Å²) in [5, 5.41) is 22.6. The van der Waals surface area contributed by atoms with Crippen molar-refractivity contribution in [1.29, 1.82) is 0 Å². The van der Waals surface area contributed by atoms with E-state index in [2.05, 4.69) is 29.3 Å². The Hall–Kier alpha value is -2.36. The molecule has 24 heavy (non-hydrogen) atoms. The summed E-state index contributed by atoms with van der Waals surface area (Å²) < 4.78 is 0. The fraction of sp³-hybridized carbons (Fsp3) is 0.400. The number of nitrogens with one attached hydrogen (secondary N) is 1. The van der Waals surface area contributed by atoms with E-state index in [0.29, 0.717) is 5.75 Å². The lowest BCUT2D eigenvalue weighted by Crippen LogP contribution is -2.00. The molecule has 126 valence electrons. The van der Waals surface area contributed by atoms with Gasteiger partial charge >= 0.3 is 0 Å². The average Bonchev–Trinajstić information content (AvgIpc) is 3.08. The van der Waals surface area contributed by atoms with Gasteiger partial charge < -0.3 is 5.11 Å². The third-order valence-electron chi connectivity index (χ3n) is 4.58. The molecular weight excluding hydrogens is 298 g/mol. The van der Waals surface area contributed by atoms with Gasteiger partial charge in [0.1, 0.15) is 16.8 Å². The van der Waals surface area contributed by atoms with Crippen LogP contribution in [0.3, 0.4) is 0 Å². The standard InChI is InChI=1S/C20H25N3O/c1-3-5-12-15-16(13-6-4-2)20(24)17(14-10-8-7-9-11-14)19-18(15)21-23-22-19/h7-11,24H,3-6,12-13H2,1-2H3,(H,21,22,23). The first kappa shape index (κ1) is 16.5. The smallest absolute Gasteiger partial charge is 0.129 e. The van der Waals surface area contributed by atoms with Crippen molar-refractivity contribution < 1.29 is 5.11 Å². The lowest BCUT2D eigenvalue weighted by molar-refractivity contribution is 0.468. The molecule has 0 aliphatic rings. The van der Waals surface area contributed by atoms with Crippen LogP contribution in [0.25, 0.3) is 22.2 Å². The molecule has 1 heterocycles. The molecule has 0 aliphatic heterocycles. The molecular formula is C20H25N3O. The predicted molar refractivity (Wildman–Crippen MR) is 98.2 cm³/mol. The molecule has 0 saturated carbocycles. The summed E-state index contributed by atoms with van der Waals surface area (Å²) in [6, 6.07) is 9.97. The first-order valence-electron chi connectivity index (χ1n) is 8.90. The number of nitrogens with zero attached hydrogens (tertiary/aromatic N) is 2. The molecule has 0 fully saturated rings. The Bertz CT molecular complexity index is 809. The molecule has 0 spiro atoms. The molecule has 2 aromatic carbocycles. The fourth-order valence-corrected chi connectivity index (χ4v) is 3.29. The zero-order valence-corrected chi connectivity index (χ0v) is 14.5. The first-order valence-corrected chi connectivity index (χ1v) is 8.90. The van der Waals surface area contributed by atoms with Gasteiger partial charge in [-0.2, -0.15) is 15.4 Å². The molecule has 0 saturated heterocycles. The summed E-state index contributed by atoms with van der Waals surface area (Å²) in [5.41, 5.74) is 5.66. The number of aromatic amines is 1. The summed E-state index contributed by atoms with van der Waals surface area (Å²) in [6.45, 7) is 4.36. The molecule has 0 aliphatic carbocycles. The van der Waals surface area contributed by atoms with Gasteiger partial charge in [-0.05, 0) is 36.8 Å². The highest BCUT2D eigenvalue weighted by atomic mass is 16.3.